The molecular weight excluding hydrogens is 361 g/mol. The van der Waals surface area contributed by atoms with Crippen LogP contribution in [0.5, 0.6) is 0 Å². The van der Waals surface area contributed by atoms with Crippen LogP contribution in [0.15, 0.2) is 24.3 Å². The van der Waals surface area contributed by atoms with Gasteiger partial charge in [-0.15, -0.1) is 0 Å². The van der Waals surface area contributed by atoms with Gasteiger partial charge in [0.2, 0.25) is 5.91 Å². The lowest BCUT2D eigenvalue weighted by Gasteiger charge is -2.22. The van der Waals surface area contributed by atoms with Gasteiger partial charge in [0.25, 0.3) is 0 Å². The summed E-state index contributed by atoms with van der Waals surface area (Å²) in [6.07, 6.45) is -4.09. The summed E-state index contributed by atoms with van der Waals surface area (Å²) in [5.41, 5.74) is -0.200. The molecule has 8 heteroatoms. The van der Waals surface area contributed by atoms with Gasteiger partial charge in [0.1, 0.15) is 0 Å². The molecule has 27 heavy (non-hydrogen) atoms. The van der Waals surface area contributed by atoms with Crippen LogP contribution in [-0.2, 0) is 22.1 Å². The van der Waals surface area contributed by atoms with Crippen LogP contribution in [0, 0.1) is 5.92 Å². The molecule has 1 aliphatic heterocycles. The Morgan fingerprint density at radius 2 is 1.63 bits per heavy atom. The zero-order chi connectivity index (χ0) is 20.0. The first kappa shape index (κ1) is 21.1. The quantitative estimate of drug-likeness (QED) is 0.795. The molecule has 0 aromatic heterocycles. The van der Waals surface area contributed by atoms with Crippen LogP contribution in [0.3, 0.4) is 0 Å². The number of rotatable bonds is 4. The molecule has 0 aliphatic carbocycles. The number of halogens is 3. The minimum atomic E-state index is -4.39. The van der Waals surface area contributed by atoms with Crippen LogP contribution in [-0.4, -0.2) is 54.6 Å². The van der Waals surface area contributed by atoms with Gasteiger partial charge in [0, 0.05) is 26.2 Å². The predicted octanol–water partition coefficient (Wildman–Crippen LogP) is 3.57. The average molecular weight is 386 g/mol. The molecule has 1 fully saturated rings. The van der Waals surface area contributed by atoms with Crippen LogP contribution >= 0.6 is 0 Å². The van der Waals surface area contributed by atoms with Gasteiger partial charge >= 0.3 is 12.3 Å². The second-order valence-corrected chi connectivity index (χ2v) is 7.06. The van der Waals surface area contributed by atoms with Crippen molar-refractivity contribution in [3.8, 4) is 0 Å². The minimum absolute atomic E-state index is 0.0376. The number of hydrogen-bond donors (Lipinski definition) is 0. The highest BCUT2D eigenvalue weighted by Gasteiger charge is 2.30. The van der Waals surface area contributed by atoms with Gasteiger partial charge < -0.3 is 14.5 Å². The summed E-state index contributed by atoms with van der Waals surface area (Å²) in [6, 6.07) is 4.62. The molecule has 1 heterocycles. The monoisotopic (exact) mass is 386 g/mol. The first-order valence-electron chi connectivity index (χ1n) is 9.02. The highest BCUT2D eigenvalue weighted by Crippen LogP contribution is 2.29. The van der Waals surface area contributed by atoms with Crippen LogP contribution in [0.4, 0.5) is 18.0 Å². The summed E-state index contributed by atoms with van der Waals surface area (Å²) in [7, 11) is 0. The van der Waals surface area contributed by atoms with E-state index in [0.717, 1.165) is 12.1 Å². The summed E-state index contributed by atoms with van der Waals surface area (Å²) in [4.78, 5) is 27.7. The summed E-state index contributed by atoms with van der Waals surface area (Å²) in [5.74, 6) is 0.0925. The van der Waals surface area contributed by atoms with E-state index in [-0.39, 0.29) is 24.3 Å². The maximum Gasteiger partial charge on any atom is 0.416 e. The topological polar surface area (TPSA) is 49.9 Å². The van der Waals surface area contributed by atoms with Gasteiger partial charge in [0.15, 0.2) is 0 Å². The first-order valence-corrected chi connectivity index (χ1v) is 9.02. The fraction of sp³-hybridized carbons (Fsp3) is 0.579. The Morgan fingerprint density at radius 1 is 1.04 bits per heavy atom. The van der Waals surface area contributed by atoms with E-state index >= 15 is 0 Å². The third kappa shape index (κ3) is 6.45. The Balaban J connectivity index is 1.87. The third-order valence-electron chi connectivity index (χ3n) is 4.28. The molecule has 0 spiro atoms. The largest absolute Gasteiger partial charge is 0.449 e. The van der Waals surface area contributed by atoms with Crippen LogP contribution in [0.1, 0.15) is 31.4 Å². The maximum atomic E-state index is 12.6. The molecule has 2 rings (SSSR count). The fourth-order valence-corrected chi connectivity index (χ4v) is 2.78. The van der Waals surface area contributed by atoms with Gasteiger partial charge in [-0.3, -0.25) is 4.79 Å². The molecule has 1 aromatic carbocycles. The second-order valence-electron chi connectivity index (χ2n) is 7.06. The van der Waals surface area contributed by atoms with Gasteiger partial charge in [-0.05, 0) is 30.0 Å². The number of alkyl halides is 3. The Hall–Kier alpha value is -2.25. The Morgan fingerprint density at radius 3 is 2.22 bits per heavy atom. The van der Waals surface area contributed by atoms with E-state index in [9.17, 15) is 22.8 Å². The highest BCUT2D eigenvalue weighted by atomic mass is 19.4. The van der Waals surface area contributed by atoms with Gasteiger partial charge in [-0.2, -0.15) is 13.2 Å². The van der Waals surface area contributed by atoms with E-state index in [1.807, 2.05) is 13.8 Å². The summed E-state index contributed by atoms with van der Waals surface area (Å²) in [5, 5.41) is 0. The standard InChI is InChI=1S/C19H25F3N2O3/c1-14(2)13-27-18(26)24-9-3-8-23(10-11-24)17(25)12-15-4-6-16(7-5-15)19(20,21)22/h4-7,14H,3,8-13H2,1-2H3. The first-order chi connectivity index (χ1) is 12.7. The summed E-state index contributed by atoms with van der Waals surface area (Å²) < 4.78 is 43.0. The van der Waals surface area contributed by atoms with Crippen molar-refractivity contribution in [3.05, 3.63) is 35.4 Å². The number of carbonyl (C=O) groups excluding carboxylic acids is 2. The Labute approximate surface area is 157 Å². The molecule has 5 nitrogen and oxygen atoms in total. The fourth-order valence-electron chi connectivity index (χ4n) is 2.78. The SMILES string of the molecule is CC(C)COC(=O)N1CCCN(C(=O)Cc2ccc(C(F)(F)F)cc2)CC1. The van der Waals surface area contributed by atoms with Gasteiger partial charge in [-0.1, -0.05) is 26.0 Å². The minimum Gasteiger partial charge on any atom is -0.449 e. The smallest absolute Gasteiger partial charge is 0.416 e. The molecule has 0 N–H and O–H groups in total. The molecule has 1 aromatic rings. The molecule has 150 valence electrons. The van der Waals surface area contributed by atoms with E-state index in [1.165, 1.54) is 12.1 Å². The molecule has 0 bridgehead atoms. The van der Waals surface area contributed by atoms with Crippen molar-refractivity contribution < 1.29 is 27.5 Å². The second kappa shape index (κ2) is 9.10. The zero-order valence-electron chi connectivity index (χ0n) is 15.6. The normalized spacial score (nSPS) is 15.6. The van der Waals surface area contributed by atoms with E-state index in [2.05, 4.69) is 0 Å². The average Bonchev–Trinajstić information content (AvgIpc) is 2.85. The lowest BCUT2D eigenvalue weighted by Crippen LogP contribution is -2.38. The van der Waals surface area contributed by atoms with Crippen LogP contribution in [0.25, 0.3) is 0 Å². The molecule has 0 unspecified atom stereocenters. The number of hydrogen-bond acceptors (Lipinski definition) is 3. The summed E-state index contributed by atoms with van der Waals surface area (Å²) >= 11 is 0. The van der Waals surface area contributed by atoms with Gasteiger partial charge in [-0.25, -0.2) is 4.79 Å². The molecule has 2 amide bonds. The van der Waals surface area contributed by atoms with Crippen molar-refractivity contribution in [2.24, 2.45) is 5.92 Å². The molecule has 0 saturated carbocycles. The number of nitrogens with zero attached hydrogens (tertiary/aromatic N) is 2. The van der Waals surface area contributed by atoms with Crippen molar-refractivity contribution in [1.82, 2.24) is 9.80 Å². The van der Waals surface area contributed by atoms with Gasteiger partial charge in [0.05, 0.1) is 18.6 Å². The maximum absolute atomic E-state index is 12.6. The van der Waals surface area contributed by atoms with Crippen molar-refractivity contribution in [2.75, 3.05) is 32.8 Å². The number of benzene rings is 1. The third-order valence-corrected chi connectivity index (χ3v) is 4.28. The van der Waals surface area contributed by atoms with Crippen LogP contribution < -0.4 is 0 Å². The predicted molar refractivity (Wildman–Crippen MR) is 94.1 cm³/mol. The number of ether oxygens (including phenoxy) is 1. The van der Waals surface area contributed by atoms with E-state index in [0.29, 0.717) is 44.8 Å². The van der Waals surface area contributed by atoms with E-state index < -0.39 is 11.7 Å². The van der Waals surface area contributed by atoms with E-state index in [1.54, 1.807) is 9.80 Å². The molecular formula is C19H25F3N2O3. The molecule has 1 saturated heterocycles. The lowest BCUT2D eigenvalue weighted by atomic mass is 10.1. The van der Waals surface area contributed by atoms with E-state index in [4.69, 9.17) is 4.74 Å². The van der Waals surface area contributed by atoms with Crippen LogP contribution in [0.2, 0.25) is 0 Å². The lowest BCUT2D eigenvalue weighted by molar-refractivity contribution is -0.137. The highest BCUT2D eigenvalue weighted by molar-refractivity contribution is 5.79. The van der Waals surface area contributed by atoms with Crippen molar-refractivity contribution in [3.63, 3.8) is 0 Å². The summed E-state index contributed by atoms with van der Waals surface area (Å²) in [6.45, 7) is 6.06. The molecule has 1 aliphatic rings. The Kier molecular flexibility index (Phi) is 7.10. The van der Waals surface area contributed by atoms with Crippen molar-refractivity contribution >= 4 is 12.0 Å². The zero-order valence-corrected chi connectivity index (χ0v) is 15.6. The van der Waals surface area contributed by atoms with Crippen molar-refractivity contribution in [2.45, 2.75) is 32.9 Å². The number of amides is 2. The Bertz CT molecular complexity index is 645. The van der Waals surface area contributed by atoms with Crippen molar-refractivity contribution in [1.29, 1.82) is 0 Å². The number of carbonyl (C=O) groups is 2. The molecule has 0 radical (unpaired) electrons. The molecule has 0 atom stereocenters.